The van der Waals surface area contributed by atoms with Crippen molar-refractivity contribution >= 4 is 11.6 Å². The van der Waals surface area contributed by atoms with E-state index in [-0.39, 0.29) is 22.5 Å². The summed E-state index contributed by atoms with van der Waals surface area (Å²) in [6, 6.07) is 4.91. The Morgan fingerprint density at radius 3 is 2.65 bits per heavy atom. The summed E-state index contributed by atoms with van der Waals surface area (Å²) < 4.78 is 18.6. The molecule has 1 aromatic carbocycles. The van der Waals surface area contributed by atoms with Crippen molar-refractivity contribution in [2.75, 3.05) is 13.7 Å². The van der Waals surface area contributed by atoms with E-state index in [4.69, 9.17) is 16.3 Å². The van der Waals surface area contributed by atoms with Crippen LogP contribution in [0.5, 0.6) is 0 Å². The molecule has 0 aliphatic rings. The predicted molar refractivity (Wildman–Crippen MR) is 68.9 cm³/mol. The maximum Gasteiger partial charge on any atom is 0.142 e. The minimum atomic E-state index is -0.385. The van der Waals surface area contributed by atoms with Crippen molar-refractivity contribution in [2.24, 2.45) is 0 Å². The Bertz CT molecular complexity index is 382. The minimum Gasteiger partial charge on any atom is -0.377 e. The second-order valence-corrected chi connectivity index (χ2v) is 5.15. The lowest BCUT2D eigenvalue weighted by Gasteiger charge is -2.26. The molecule has 2 nitrogen and oxygen atoms in total. The van der Waals surface area contributed by atoms with Crippen molar-refractivity contribution in [3.05, 3.63) is 34.6 Å². The molecule has 1 N–H and O–H groups in total. The monoisotopic (exact) mass is 259 g/mol. The Morgan fingerprint density at radius 1 is 1.47 bits per heavy atom. The van der Waals surface area contributed by atoms with Gasteiger partial charge in [-0.2, -0.15) is 0 Å². The van der Waals surface area contributed by atoms with Gasteiger partial charge < -0.3 is 10.1 Å². The summed E-state index contributed by atoms with van der Waals surface area (Å²) >= 11 is 5.64. The molecule has 0 spiro atoms. The molecular formula is C13H19ClFNO. The number of rotatable bonds is 5. The number of benzene rings is 1. The molecule has 0 aliphatic heterocycles. The van der Waals surface area contributed by atoms with Crippen molar-refractivity contribution in [3.8, 4) is 0 Å². The molecule has 96 valence electrons. The molecular weight excluding hydrogens is 241 g/mol. The van der Waals surface area contributed by atoms with E-state index >= 15 is 0 Å². The van der Waals surface area contributed by atoms with E-state index in [1.165, 1.54) is 6.07 Å². The van der Waals surface area contributed by atoms with Crippen molar-refractivity contribution in [3.63, 3.8) is 0 Å². The molecule has 0 aliphatic carbocycles. The van der Waals surface area contributed by atoms with Gasteiger partial charge in [-0.15, -0.1) is 0 Å². The number of ether oxygens (including phenoxy) is 1. The lowest BCUT2D eigenvalue weighted by molar-refractivity contribution is 0.0214. The van der Waals surface area contributed by atoms with Gasteiger partial charge in [0.1, 0.15) is 5.82 Å². The van der Waals surface area contributed by atoms with Crippen LogP contribution in [0.3, 0.4) is 0 Å². The van der Waals surface area contributed by atoms with E-state index in [1.54, 1.807) is 13.2 Å². The fourth-order valence-electron chi connectivity index (χ4n) is 1.37. The number of nitrogens with one attached hydrogen (secondary N) is 1. The van der Waals surface area contributed by atoms with Crippen LogP contribution in [0.1, 0.15) is 32.4 Å². The summed E-state index contributed by atoms with van der Waals surface area (Å²) in [7, 11) is 1.67. The van der Waals surface area contributed by atoms with E-state index in [1.807, 2.05) is 26.8 Å². The van der Waals surface area contributed by atoms with E-state index in [0.717, 1.165) is 5.56 Å². The molecule has 1 rings (SSSR count). The lowest BCUT2D eigenvalue weighted by atomic mass is 10.1. The zero-order valence-electron chi connectivity index (χ0n) is 10.7. The van der Waals surface area contributed by atoms with Crippen molar-refractivity contribution in [2.45, 2.75) is 32.4 Å². The first-order valence-electron chi connectivity index (χ1n) is 5.59. The van der Waals surface area contributed by atoms with Crippen LogP contribution in [-0.2, 0) is 4.74 Å². The van der Waals surface area contributed by atoms with E-state index < -0.39 is 0 Å². The summed E-state index contributed by atoms with van der Waals surface area (Å²) in [6.45, 7) is 6.66. The first kappa shape index (κ1) is 14.4. The fourth-order valence-corrected chi connectivity index (χ4v) is 1.49. The standard InChI is InChI=1S/C13H19ClFNO/c1-9(16-8-13(2,3)17-4)10-5-6-11(14)12(15)7-10/h5-7,9,16H,8H2,1-4H3. The van der Waals surface area contributed by atoms with Crippen LogP contribution in [0, 0.1) is 5.82 Å². The molecule has 0 radical (unpaired) electrons. The third kappa shape index (κ3) is 4.26. The molecule has 1 atom stereocenters. The average Bonchev–Trinajstić information content (AvgIpc) is 2.30. The zero-order valence-corrected chi connectivity index (χ0v) is 11.4. The van der Waals surface area contributed by atoms with Gasteiger partial charge in [-0.25, -0.2) is 4.39 Å². The second-order valence-electron chi connectivity index (χ2n) is 4.74. The van der Waals surface area contributed by atoms with Gasteiger partial charge in [0.2, 0.25) is 0 Å². The molecule has 1 aromatic rings. The quantitative estimate of drug-likeness (QED) is 0.873. The minimum absolute atomic E-state index is 0.0520. The van der Waals surface area contributed by atoms with Crippen LogP contribution >= 0.6 is 11.6 Å². The topological polar surface area (TPSA) is 21.3 Å². The third-order valence-electron chi connectivity index (χ3n) is 2.83. The second kappa shape index (κ2) is 5.80. The Labute approximate surface area is 107 Å². The van der Waals surface area contributed by atoms with Crippen LogP contribution in [-0.4, -0.2) is 19.3 Å². The average molecular weight is 260 g/mol. The molecule has 0 bridgehead atoms. The highest BCUT2D eigenvalue weighted by molar-refractivity contribution is 6.30. The largest absolute Gasteiger partial charge is 0.377 e. The number of methoxy groups -OCH3 is 1. The van der Waals surface area contributed by atoms with Gasteiger partial charge in [0.15, 0.2) is 0 Å². The number of halogens is 2. The predicted octanol–water partition coefficient (Wildman–Crippen LogP) is 3.55. The number of hydrogen-bond donors (Lipinski definition) is 1. The van der Waals surface area contributed by atoms with Gasteiger partial charge in [-0.1, -0.05) is 17.7 Å². The Balaban J connectivity index is 2.64. The third-order valence-corrected chi connectivity index (χ3v) is 3.14. The summed E-state index contributed by atoms with van der Waals surface area (Å²) in [4.78, 5) is 0. The first-order chi connectivity index (χ1) is 7.85. The molecule has 0 amide bonds. The van der Waals surface area contributed by atoms with Gasteiger partial charge in [-0.3, -0.25) is 0 Å². The highest BCUT2D eigenvalue weighted by atomic mass is 35.5. The van der Waals surface area contributed by atoms with Crippen LogP contribution in [0.25, 0.3) is 0 Å². The normalized spacial score (nSPS) is 13.8. The van der Waals surface area contributed by atoms with E-state index in [2.05, 4.69) is 5.32 Å². The molecule has 0 heterocycles. The molecule has 1 unspecified atom stereocenters. The highest BCUT2D eigenvalue weighted by Gasteiger charge is 2.17. The maximum atomic E-state index is 13.3. The molecule has 0 saturated heterocycles. The molecule has 0 saturated carbocycles. The lowest BCUT2D eigenvalue weighted by Crippen LogP contribution is -2.37. The first-order valence-corrected chi connectivity index (χ1v) is 5.97. The van der Waals surface area contributed by atoms with Crippen molar-refractivity contribution in [1.82, 2.24) is 5.32 Å². The van der Waals surface area contributed by atoms with Crippen LogP contribution in [0.4, 0.5) is 4.39 Å². The highest BCUT2D eigenvalue weighted by Crippen LogP contribution is 2.20. The zero-order chi connectivity index (χ0) is 13.1. The van der Waals surface area contributed by atoms with Gasteiger partial charge in [0, 0.05) is 19.7 Å². The maximum absolute atomic E-state index is 13.3. The Hall–Kier alpha value is -0.640. The summed E-state index contributed by atoms with van der Waals surface area (Å²) in [5, 5.41) is 3.45. The van der Waals surface area contributed by atoms with Crippen LogP contribution < -0.4 is 5.32 Å². The van der Waals surface area contributed by atoms with E-state index in [0.29, 0.717) is 6.54 Å². The van der Waals surface area contributed by atoms with Gasteiger partial charge >= 0.3 is 0 Å². The van der Waals surface area contributed by atoms with Crippen LogP contribution in [0.2, 0.25) is 5.02 Å². The Kier molecular flexibility index (Phi) is 4.92. The van der Waals surface area contributed by atoms with Gasteiger partial charge in [0.05, 0.1) is 10.6 Å². The van der Waals surface area contributed by atoms with Gasteiger partial charge in [0.25, 0.3) is 0 Å². The van der Waals surface area contributed by atoms with E-state index in [9.17, 15) is 4.39 Å². The smallest absolute Gasteiger partial charge is 0.142 e. The van der Waals surface area contributed by atoms with Gasteiger partial charge in [-0.05, 0) is 38.5 Å². The Morgan fingerprint density at radius 2 is 2.12 bits per heavy atom. The molecule has 0 aromatic heterocycles. The molecule has 0 fully saturated rings. The van der Waals surface area contributed by atoms with Crippen molar-refractivity contribution < 1.29 is 9.13 Å². The summed E-state index contributed by atoms with van der Waals surface area (Å²) in [6.07, 6.45) is 0. The summed E-state index contributed by atoms with van der Waals surface area (Å²) in [5.41, 5.74) is 0.637. The molecule has 4 heteroatoms. The van der Waals surface area contributed by atoms with Crippen molar-refractivity contribution in [1.29, 1.82) is 0 Å². The van der Waals surface area contributed by atoms with Crippen LogP contribution in [0.15, 0.2) is 18.2 Å². The summed E-state index contributed by atoms with van der Waals surface area (Å²) in [5.74, 6) is -0.385. The fraction of sp³-hybridized carbons (Fsp3) is 0.538. The molecule has 17 heavy (non-hydrogen) atoms. The number of hydrogen-bond acceptors (Lipinski definition) is 2. The SMILES string of the molecule is COC(C)(C)CNC(C)c1ccc(Cl)c(F)c1.